The molecule has 0 aromatic carbocycles. The third kappa shape index (κ3) is 3.94. The summed E-state index contributed by atoms with van der Waals surface area (Å²) in [6.45, 7) is 12.9. The molecule has 0 atom stereocenters. The van der Waals surface area contributed by atoms with Crippen LogP contribution in [0.25, 0.3) is 5.52 Å². The van der Waals surface area contributed by atoms with Crippen molar-refractivity contribution >= 4 is 11.3 Å². The lowest BCUT2D eigenvalue weighted by Gasteiger charge is -2.19. The van der Waals surface area contributed by atoms with E-state index >= 15 is 0 Å². The lowest BCUT2D eigenvalue weighted by Crippen LogP contribution is -2.29. The summed E-state index contributed by atoms with van der Waals surface area (Å²) in [4.78, 5) is 6.91. The van der Waals surface area contributed by atoms with Crippen molar-refractivity contribution in [3.63, 3.8) is 0 Å². The summed E-state index contributed by atoms with van der Waals surface area (Å²) in [6, 6.07) is 2.13. The van der Waals surface area contributed by atoms with Gasteiger partial charge in [-0.25, -0.2) is 9.50 Å². The Hall–Kier alpha value is -1.62. The molecule has 0 bridgehead atoms. The molecule has 0 saturated heterocycles. The third-order valence-electron chi connectivity index (χ3n) is 3.71. The summed E-state index contributed by atoms with van der Waals surface area (Å²) in [5, 5.41) is 8.04. The molecule has 0 saturated carbocycles. The van der Waals surface area contributed by atoms with Gasteiger partial charge in [-0.2, -0.15) is 5.10 Å². The Morgan fingerprint density at radius 1 is 1.29 bits per heavy atom. The maximum Gasteiger partial charge on any atom is 0.152 e. The number of nitrogens with one attached hydrogen (secondary N) is 1. The topological polar surface area (TPSA) is 45.5 Å². The van der Waals surface area contributed by atoms with E-state index in [2.05, 4.69) is 54.1 Å². The van der Waals surface area contributed by atoms with Gasteiger partial charge in [-0.15, -0.1) is 0 Å². The Labute approximate surface area is 127 Å². The second-order valence-corrected chi connectivity index (χ2v) is 5.69. The van der Waals surface area contributed by atoms with Crippen LogP contribution in [0.1, 0.15) is 45.7 Å². The molecule has 0 aliphatic heterocycles. The molecular formula is C16H27N5. The van der Waals surface area contributed by atoms with Crippen LogP contribution in [0, 0.1) is 0 Å². The van der Waals surface area contributed by atoms with Gasteiger partial charge in [0, 0.05) is 25.5 Å². The Bertz CT molecular complexity index is 561. The fraction of sp³-hybridized carbons (Fsp3) is 0.625. The average molecular weight is 289 g/mol. The first kappa shape index (κ1) is 15.8. The van der Waals surface area contributed by atoms with E-state index in [1.165, 1.54) is 6.42 Å². The molecule has 0 radical (unpaired) electrons. The highest BCUT2D eigenvalue weighted by Crippen LogP contribution is 2.19. The average Bonchev–Trinajstić information content (AvgIpc) is 2.91. The number of hydrogen-bond donors (Lipinski definition) is 1. The normalized spacial score (nSPS) is 11.7. The van der Waals surface area contributed by atoms with Gasteiger partial charge in [-0.05, 0) is 31.5 Å². The third-order valence-corrected chi connectivity index (χ3v) is 3.71. The number of aromatic nitrogens is 3. The second-order valence-electron chi connectivity index (χ2n) is 5.69. The van der Waals surface area contributed by atoms with Gasteiger partial charge >= 0.3 is 0 Å². The van der Waals surface area contributed by atoms with Crippen LogP contribution in [0.2, 0.25) is 0 Å². The van der Waals surface area contributed by atoms with Crippen LogP contribution in [0.15, 0.2) is 18.5 Å². The highest BCUT2D eigenvalue weighted by atomic mass is 15.2. The smallest absolute Gasteiger partial charge is 0.152 e. The van der Waals surface area contributed by atoms with Crippen molar-refractivity contribution in [2.45, 2.75) is 40.0 Å². The number of anilines is 1. The molecule has 0 aliphatic carbocycles. The lowest BCUT2D eigenvalue weighted by molar-refractivity contribution is 0.300. The van der Waals surface area contributed by atoms with Crippen LogP contribution >= 0.6 is 0 Å². The monoisotopic (exact) mass is 289 g/mol. The van der Waals surface area contributed by atoms with E-state index in [9.17, 15) is 0 Å². The van der Waals surface area contributed by atoms with E-state index in [1.54, 1.807) is 6.20 Å². The number of hydrogen-bond acceptors (Lipinski definition) is 4. The van der Waals surface area contributed by atoms with Crippen LogP contribution in [0.5, 0.6) is 0 Å². The minimum atomic E-state index is 0.429. The van der Waals surface area contributed by atoms with Crippen LogP contribution in [-0.4, -0.2) is 45.7 Å². The summed E-state index contributed by atoms with van der Waals surface area (Å²) in [5.41, 5.74) is 2.16. The van der Waals surface area contributed by atoms with Gasteiger partial charge in [0.15, 0.2) is 5.82 Å². The first-order chi connectivity index (χ1) is 10.2. The van der Waals surface area contributed by atoms with Crippen molar-refractivity contribution in [1.29, 1.82) is 0 Å². The van der Waals surface area contributed by atoms with Gasteiger partial charge in [0.25, 0.3) is 0 Å². The highest BCUT2D eigenvalue weighted by Gasteiger charge is 2.09. The fourth-order valence-electron chi connectivity index (χ4n) is 2.44. The second kappa shape index (κ2) is 7.41. The molecule has 5 nitrogen and oxygen atoms in total. The quantitative estimate of drug-likeness (QED) is 0.811. The van der Waals surface area contributed by atoms with Gasteiger partial charge in [-0.1, -0.05) is 27.7 Å². The summed E-state index contributed by atoms with van der Waals surface area (Å²) in [5.74, 6) is 1.35. The van der Waals surface area contributed by atoms with E-state index < -0.39 is 0 Å². The standard InChI is InChI=1S/C16H27N5/c1-5-9-20(6-2)10-7-17-16-15-12-14(13(3)4)19-21(15)11-8-18-16/h8,11-13H,5-7,9-10H2,1-4H3,(H,17,18). The Morgan fingerprint density at radius 2 is 2.10 bits per heavy atom. The van der Waals surface area contributed by atoms with Gasteiger partial charge in [0.05, 0.1) is 5.69 Å². The van der Waals surface area contributed by atoms with E-state index in [-0.39, 0.29) is 0 Å². The molecule has 0 spiro atoms. The van der Waals surface area contributed by atoms with Crippen LogP contribution < -0.4 is 5.32 Å². The Morgan fingerprint density at radius 3 is 2.76 bits per heavy atom. The van der Waals surface area contributed by atoms with Crippen molar-refractivity contribution < 1.29 is 0 Å². The van der Waals surface area contributed by atoms with E-state index in [0.717, 1.165) is 43.2 Å². The van der Waals surface area contributed by atoms with Crippen molar-refractivity contribution in [1.82, 2.24) is 19.5 Å². The summed E-state index contributed by atoms with van der Waals surface area (Å²) < 4.78 is 1.91. The van der Waals surface area contributed by atoms with Crippen LogP contribution in [0.3, 0.4) is 0 Å². The summed E-state index contributed by atoms with van der Waals surface area (Å²) >= 11 is 0. The van der Waals surface area contributed by atoms with Gasteiger partial charge in [0.2, 0.25) is 0 Å². The number of rotatable bonds is 8. The zero-order valence-electron chi connectivity index (χ0n) is 13.6. The maximum absolute atomic E-state index is 4.59. The Balaban J connectivity index is 2.04. The molecule has 0 unspecified atom stereocenters. The molecule has 0 amide bonds. The fourth-order valence-corrected chi connectivity index (χ4v) is 2.44. The van der Waals surface area contributed by atoms with Gasteiger partial charge in [-0.3, -0.25) is 0 Å². The van der Waals surface area contributed by atoms with Gasteiger partial charge < -0.3 is 10.2 Å². The highest BCUT2D eigenvalue weighted by molar-refractivity contribution is 5.67. The molecule has 2 heterocycles. The molecule has 5 heteroatoms. The molecule has 1 N–H and O–H groups in total. The van der Waals surface area contributed by atoms with Crippen molar-refractivity contribution in [3.05, 3.63) is 24.2 Å². The molecule has 2 aromatic heterocycles. The molecule has 2 rings (SSSR count). The SMILES string of the molecule is CCCN(CC)CCNc1nccn2nc(C(C)C)cc12. The van der Waals surface area contributed by atoms with E-state index in [1.807, 2.05) is 10.7 Å². The predicted octanol–water partition coefficient (Wildman–Crippen LogP) is 3.00. The molecule has 0 fully saturated rings. The maximum atomic E-state index is 4.59. The van der Waals surface area contributed by atoms with E-state index in [4.69, 9.17) is 0 Å². The lowest BCUT2D eigenvalue weighted by atomic mass is 10.1. The van der Waals surface area contributed by atoms with Gasteiger partial charge in [0.1, 0.15) is 5.52 Å². The Kier molecular flexibility index (Phi) is 5.56. The van der Waals surface area contributed by atoms with Crippen molar-refractivity contribution in [3.8, 4) is 0 Å². The number of nitrogens with zero attached hydrogens (tertiary/aromatic N) is 4. The van der Waals surface area contributed by atoms with Crippen molar-refractivity contribution in [2.24, 2.45) is 0 Å². The minimum Gasteiger partial charge on any atom is -0.367 e. The zero-order chi connectivity index (χ0) is 15.2. The summed E-state index contributed by atoms with van der Waals surface area (Å²) in [6.07, 6.45) is 4.90. The first-order valence-corrected chi connectivity index (χ1v) is 7.96. The molecule has 21 heavy (non-hydrogen) atoms. The molecular weight excluding hydrogens is 262 g/mol. The number of fused-ring (bicyclic) bond motifs is 1. The molecule has 0 aliphatic rings. The van der Waals surface area contributed by atoms with Crippen LogP contribution in [0.4, 0.5) is 5.82 Å². The van der Waals surface area contributed by atoms with E-state index in [0.29, 0.717) is 5.92 Å². The molecule has 116 valence electrons. The largest absolute Gasteiger partial charge is 0.367 e. The van der Waals surface area contributed by atoms with Crippen molar-refractivity contribution in [2.75, 3.05) is 31.5 Å². The minimum absolute atomic E-state index is 0.429. The zero-order valence-corrected chi connectivity index (χ0v) is 13.6. The number of likely N-dealkylation sites (N-methyl/N-ethyl adjacent to an activating group) is 1. The summed E-state index contributed by atoms with van der Waals surface area (Å²) in [7, 11) is 0. The predicted molar refractivity (Wildman–Crippen MR) is 88.0 cm³/mol. The first-order valence-electron chi connectivity index (χ1n) is 7.96. The van der Waals surface area contributed by atoms with Crippen LogP contribution in [-0.2, 0) is 0 Å². The molecule has 2 aromatic rings.